The van der Waals surface area contributed by atoms with E-state index in [2.05, 4.69) is 0 Å². The van der Waals surface area contributed by atoms with Gasteiger partial charge in [-0.3, -0.25) is 4.55 Å². The quantitative estimate of drug-likeness (QED) is 0.593. The van der Waals surface area contributed by atoms with Crippen molar-refractivity contribution in [3.05, 3.63) is 0 Å². The van der Waals surface area contributed by atoms with Crippen LogP contribution >= 0.6 is 0 Å². The number of ether oxygens (including phenoxy) is 1. The molecule has 0 heterocycles. The third kappa shape index (κ3) is 9.75. The fourth-order valence-electron chi connectivity index (χ4n) is 0.876. The van der Waals surface area contributed by atoms with Crippen molar-refractivity contribution in [2.45, 2.75) is 6.42 Å². The van der Waals surface area contributed by atoms with Crippen LogP contribution in [0.3, 0.4) is 0 Å². The van der Waals surface area contributed by atoms with E-state index in [0.29, 0.717) is 19.6 Å². The van der Waals surface area contributed by atoms with Crippen LogP contribution in [0.2, 0.25) is 0 Å². The van der Waals surface area contributed by atoms with Crippen LogP contribution in [0.4, 0.5) is 0 Å². The van der Waals surface area contributed by atoms with Crippen LogP contribution in [0.25, 0.3) is 0 Å². The van der Waals surface area contributed by atoms with Crippen molar-refractivity contribution in [3.63, 3.8) is 0 Å². The molecular formula is C7H17NO4S. The molecule has 0 atom stereocenters. The van der Waals surface area contributed by atoms with Gasteiger partial charge in [-0.1, -0.05) is 0 Å². The Labute approximate surface area is 79.4 Å². The van der Waals surface area contributed by atoms with Gasteiger partial charge >= 0.3 is 0 Å². The Bertz CT molecular complexity index is 215. The molecule has 0 saturated carbocycles. The van der Waals surface area contributed by atoms with E-state index in [1.165, 1.54) is 0 Å². The van der Waals surface area contributed by atoms with Gasteiger partial charge < -0.3 is 9.64 Å². The minimum atomic E-state index is -3.80. The van der Waals surface area contributed by atoms with E-state index in [1.807, 2.05) is 11.9 Å². The number of hydrogen-bond acceptors (Lipinski definition) is 4. The van der Waals surface area contributed by atoms with E-state index in [0.717, 1.165) is 6.54 Å². The summed E-state index contributed by atoms with van der Waals surface area (Å²) in [5, 5.41) is 0. The predicted molar refractivity (Wildman–Crippen MR) is 50.4 cm³/mol. The van der Waals surface area contributed by atoms with Crippen molar-refractivity contribution in [3.8, 4) is 0 Å². The third-order valence-corrected chi connectivity index (χ3v) is 2.42. The van der Waals surface area contributed by atoms with Crippen molar-refractivity contribution in [2.75, 3.05) is 39.6 Å². The van der Waals surface area contributed by atoms with Crippen molar-refractivity contribution in [1.29, 1.82) is 0 Å². The lowest BCUT2D eigenvalue weighted by molar-refractivity contribution is 0.161. The molecule has 80 valence electrons. The first-order valence-corrected chi connectivity index (χ1v) is 5.69. The van der Waals surface area contributed by atoms with Crippen LogP contribution in [-0.4, -0.2) is 57.5 Å². The number of likely N-dealkylation sites (N-methyl/N-ethyl adjacent to an activating group) is 1. The summed E-state index contributed by atoms with van der Waals surface area (Å²) in [6.07, 6.45) is 0.443. The second kappa shape index (κ2) is 6.31. The average molecular weight is 211 g/mol. The summed E-state index contributed by atoms with van der Waals surface area (Å²) < 4.78 is 34.0. The Morgan fingerprint density at radius 3 is 2.46 bits per heavy atom. The Morgan fingerprint density at radius 2 is 2.00 bits per heavy atom. The molecule has 0 aromatic rings. The summed E-state index contributed by atoms with van der Waals surface area (Å²) in [5.74, 6) is -0.176. The van der Waals surface area contributed by atoms with Crippen molar-refractivity contribution >= 4 is 10.1 Å². The Morgan fingerprint density at radius 1 is 1.38 bits per heavy atom. The largest absolute Gasteiger partial charge is 0.383 e. The normalized spacial score (nSPS) is 12.3. The van der Waals surface area contributed by atoms with Gasteiger partial charge in [0.05, 0.1) is 12.4 Å². The molecule has 6 heteroatoms. The number of hydrogen-bond donors (Lipinski definition) is 1. The molecule has 0 bridgehead atoms. The van der Waals surface area contributed by atoms with Gasteiger partial charge in [-0.2, -0.15) is 8.42 Å². The molecule has 0 spiro atoms. The minimum absolute atomic E-state index is 0.176. The van der Waals surface area contributed by atoms with Crippen LogP contribution in [-0.2, 0) is 14.9 Å². The lowest BCUT2D eigenvalue weighted by Crippen LogP contribution is -2.25. The van der Waals surface area contributed by atoms with Gasteiger partial charge in [-0.25, -0.2) is 0 Å². The molecule has 0 aromatic carbocycles. The highest BCUT2D eigenvalue weighted by Crippen LogP contribution is 1.91. The molecule has 0 aromatic heterocycles. The Hall–Kier alpha value is -0.170. The second-order valence-corrected chi connectivity index (χ2v) is 4.51. The van der Waals surface area contributed by atoms with Gasteiger partial charge in [0.15, 0.2) is 0 Å². The Kier molecular flexibility index (Phi) is 6.23. The molecule has 1 N–H and O–H groups in total. The smallest absolute Gasteiger partial charge is 0.264 e. The first-order chi connectivity index (χ1) is 5.95. The first-order valence-electron chi connectivity index (χ1n) is 4.08. The van der Waals surface area contributed by atoms with Crippen LogP contribution in [0.15, 0.2) is 0 Å². The van der Waals surface area contributed by atoms with Gasteiger partial charge in [0.2, 0.25) is 0 Å². The average Bonchev–Trinajstić information content (AvgIpc) is 1.98. The molecular weight excluding hydrogens is 194 g/mol. The molecule has 0 rings (SSSR count). The molecule has 0 fully saturated rings. The van der Waals surface area contributed by atoms with E-state index in [4.69, 9.17) is 9.29 Å². The van der Waals surface area contributed by atoms with E-state index < -0.39 is 10.1 Å². The van der Waals surface area contributed by atoms with Crippen LogP contribution in [0.5, 0.6) is 0 Å². The summed E-state index contributed by atoms with van der Waals surface area (Å²) in [6, 6.07) is 0. The standard InChI is InChI=1S/C7H17NO4S/c1-8(5-6-12-2)4-3-7-13(9,10)11/h3-7H2,1-2H3,(H,9,10,11). The predicted octanol–water partition coefficient (Wildman–Crippen LogP) is -0.157. The molecule has 0 amide bonds. The summed E-state index contributed by atoms with van der Waals surface area (Å²) in [7, 11) is -0.303. The molecule has 0 unspecified atom stereocenters. The zero-order valence-electron chi connectivity index (χ0n) is 8.06. The number of methoxy groups -OCH3 is 1. The molecule has 0 aliphatic carbocycles. The molecule has 0 radical (unpaired) electrons. The van der Waals surface area contributed by atoms with Crippen molar-refractivity contribution in [2.24, 2.45) is 0 Å². The Balaban J connectivity index is 3.42. The highest BCUT2D eigenvalue weighted by atomic mass is 32.2. The monoisotopic (exact) mass is 211 g/mol. The summed E-state index contributed by atoms with van der Waals surface area (Å²) >= 11 is 0. The second-order valence-electron chi connectivity index (χ2n) is 2.94. The maximum absolute atomic E-state index is 10.3. The number of rotatable bonds is 7. The van der Waals surface area contributed by atoms with Crippen LogP contribution in [0, 0.1) is 0 Å². The third-order valence-electron chi connectivity index (χ3n) is 1.62. The van der Waals surface area contributed by atoms with Crippen LogP contribution in [0.1, 0.15) is 6.42 Å². The minimum Gasteiger partial charge on any atom is -0.383 e. The first kappa shape index (κ1) is 12.8. The zero-order valence-corrected chi connectivity index (χ0v) is 8.88. The maximum atomic E-state index is 10.3. The zero-order chi connectivity index (χ0) is 10.3. The van der Waals surface area contributed by atoms with Crippen molar-refractivity contribution in [1.82, 2.24) is 4.90 Å². The van der Waals surface area contributed by atoms with E-state index in [9.17, 15) is 8.42 Å². The lowest BCUT2D eigenvalue weighted by atomic mass is 10.4. The molecule has 0 aliphatic heterocycles. The molecule has 13 heavy (non-hydrogen) atoms. The van der Waals surface area contributed by atoms with E-state index in [-0.39, 0.29) is 5.75 Å². The van der Waals surface area contributed by atoms with Gasteiger partial charge in [0.25, 0.3) is 10.1 Å². The highest BCUT2D eigenvalue weighted by Gasteiger charge is 2.05. The fourth-order valence-corrected chi connectivity index (χ4v) is 1.37. The molecule has 0 aliphatic rings. The summed E-state index contributed by atoms with van der Waals surface area (Å²) in [4.78, 5) is 1.95. The van der Waals surface area contributed by atoms with E-state index >= 15 is 0 Å². The van der Waals surface area contributed by atoms with Gasteiger partial charge in [-0.05, 0) is 20.0 Å². The molecule has 0 saturated heterocycles. The summed E-state index contributed by atoms with van der Waals surface area (Å²) in [6.45, 7) is 2.04. The lowest BCUT2D eigenvalue weighted by Gasteiger charge is -2.14. The van der Waals surface area contributed by atoms with Crippen LogP contribution < -0.4 is 0 Å². The molecule has 5 nitrogen and oxygen atoms in total. The van der Waals surface area contributed by atoms with Gasteiger partial charge in [0.1, 0.15) is 0 Å². The highest BCUT2D eigenvalue weighted by molar-refractivity contribution is 7.85. The fraction of sp³-hybridized carbons (Fsp3) is 1.00. The topological polar surface area (TPSA) is 66.8 Å². The SMILES string of the molecule is COCCN(C)CCCS(=O)(=O)O. The van der Waals surface area contributed by atoms with Crippen molar-refractivity contribution < 1.29 is 17.7 Å². The number of nitrogens with zero attached hydrogens (tertiary/aromatic N) is 1. The van der Waals surface area contributed by atoms with E-state index in [1.54, 1.807) is 7.11 Å². The maximum Gasteiger partial charge on any atom is 0.264 e. The summed E-state index contributed by atoms with van der Waals surface area (Å²) in [5.41, 5.74) is 0. The van der Waals surface area contributed by atoms with Gasteiger partial charge in [-0.15, -0.1) is 0 Å². The van der Waals surface area contributed by atoms with Gasteiger partial charge in [0, 0.05) is 13.7 Å².